The van der Waals surface area contributed by atoms with Crippen molar-refractivity contribution < 1.29 is 19.4 Å². The Balaban J connectivity index is 1.63. The number of likely N-dealkylation sites (tertiary alicyclic amines) is 1. The highest BCUT2D eigenvalue weighted by molar-refractivity contribution is 5.83. The molecular weight excluding hydrogens is 260 g/mol. The normalized spacial score (nSPS) is 23.8. The van der Waals surface area contributed by atoms with Gasteiger partial charge >= 0.3 is 12.0 Å². The smallest absolute Gasteiger partial charge is 0.326 e. The van der Waals surface area contributed by atoms with E-state index in [9.17, 15) is 9.59 Å². The molecule has 114 valence electrons. The number of ether oxygens (including phenoxy) is 1. The second-order valence-electron chi connectivity index (χ2n) is 5.55. The largest absolute Gasteiger partial charge is 0.480 e. The van der Waals surface area contributed by atoms with Crippen LogP contribution < -0.4 is 5.32 Å². The van der Waals surface area contributed by atoms with E-state index < -0.39 is 12.0 Å². The monoisotopic (exact) mass is 284 g/mol. The Bertz CT molecular complexity index is 342. The molecule has 1 saturated heterocycles. The minimum Gasteiger partial charge on any atom is -0.480 e. The van der Waals surface area contributed by atoms with Gasteiger partial charge in [-0.2, -0.15) is 0 Å². The van der Waals surface area contributed by atoms with E-state index in [-0.39, 0.29) is 6.03 Å². The number of carbonyl (C=O) groups is 2. The van der Waals surface area contributed by atoms with Crippen LogP contribution in [0.2, 0.25) is 0 Å². The molecule has 0 aromatic carbocycles. The molecular formula is C14H24N2O4. The van der Waals surface area contributed by atoms with Crippen LogP contribution in [0.1, 0.15) is 44.9 Å². The van der Waals surface area contributed by atoms with Gasteiger partial charge in [0.2, 0.25) is 0 Å². The van der Waals surface area contributed by atoms with Crippen LogP contribution in [-0.2, 0) is 9.53 Å². The van der Waals surface area contributed by atoms with Gasteiger partial charge in [0.25, 0.3) is 0 Å². The van der Waals surface area contributed by atoms with Gasteiger partial charge in [-0.25, -0.2) is 9.59 Å². The van der Waals surface area contributed by atoms with Gasteiger partial charge in [0.05, 0.1) is 12.7 Å². The molecule has 2 aliphatic rings. The van der Waals surface area contributed by atoms with Gasteiger partial charge < -0.3 is 20.1 Å². The van der Waals surface area contributed by atoms with Gasteiger partial charge in [0.15, 0.2) is 0 Å². The van der Waals surface area contributed by atoms with Crippen LogP contribution in [0.15, 0.2) is 0 Å². The Morgan fingerprint density at radius 3 is 2.60 bits per heavy atom. The third-order valence-corrected chi connectivity index (χ3v) is 4.08. The molecule has 2 amide bonds. The first kappa shape index (κ1) is 15.1. The quantitative estimate of drug-likeness (QED) is 0.752. The summed E-state index contributed by atoms with van der Waals surface area (Å²) in [7, 11) is 0. The van der Waals surface area contributed by atoms with Crippen molar-refractivity contribution in [1.82, 2.24) is 10.2 Å². The lowest BCUT2D eigenvalue weighted by Gasteiger charge is -2.24. The molecule has 0 bridgehead atoms. The zero-order valence-corrected chi connectivity index (χ0v) is 11.8. The lowest BCUT2D eigenvalue weighted by atomic mass is 9.98. The van der Waals surface area contributed by atoms with Crippen molar-refractivity contribution in [3.05, 3.63) is 0 Å². The minimum absolute atomic E-state index is 0.290. The summed E-state index contributed by atoms with van der Waals surface area (Å²) in [5, 5.41) is 11.8. The third kappa shape index (κ3) is 4.10. The van der Waals surface area contributed by atoms with Crippen LogP contribution in [0, 0.1) is 0 Å². The topological polar surface area (TPSA) is 78.9 Å². The molecule has 2 rings (SSSR count). The summed E-state index contributed by atoms with van der Waals surface area (Å²) in [6, 6.07) is -0.962. The molecule has 1 aliphatic heterocycles. The highest BCUT2D eigenvalue weighted by atomic mass is 16.5. The average Bonchev–Trinajstić information content (AvgIpc) is 2.94. The van der Waals surface area contributed by atoms with Crippen molar-refractivity contribution >= 4 is 12.0 Å². The lowest BCUT2D eigenvalue weighted by Crippen LogP contribution is -2.46. The molecule has 0 radical (unpaired) electrons. The second kappa shape index (κ2) is 7.47. The molecule has 2 N–H and O–H groups in total. The van der Waals surface area contributed by atoms with Crippen LogP contribution >= 0.6 is 0 Å². The molecule has 1 aliphatic carbocycles. The maximum Gasteiger partial charge on any atom is 0.326 e. The van der Waals surface area contributed by atoms with Crippen molar-refractivity contribution in [2.45, 2.75) is 57.1 Å². The van der Waals surface area contributed by atoms with E-state index in [1.54, 1.807) is 0 Å². The molecule has 0 aromatic heterocycles. The number of nitrogens with zero attached hydrogens (tertiary/aromatic N) is 1. The first-order valence-electron chi connectivity index (χ1n) is 7.57. The van der Waals surface area contributed by atoms with Crippen LogP contribution in [0.4, 0.5) is 4.79 Å². The number of carboxylic acid groups (broad SMARTS) is 1. The summed E-state index contributed by atoms with van der Waals surface area (Å²) in [6.07, 6.45) is 7.60. The molecule has 20 heavy (non-hydrogen) atoms. The van der Waals surface area contributed by atoms with Gasteiger partial charge in [-0.3, -0.25) is 0 Å². The summed E-state index contributed by atoms with van der Waals surface area (Å²) in [5.74, 6) is -0.920. The van der Waals surface area contributed by atoms with Gasteiger partial charge in [0, 0.05) is 13.1 Å². The van der Waals surface area contributed by atoms with E-state index in [1.807, 2.05) is 0 Å². The zero-order chi connectivity index (χ0) is 14.4. The van der Waals surface area contributed by atoms with Crippen molar-refractivity contribution in [2.75, 3.05) is 19.7 Å². The molecule has 0 unspecified atom stereocenters. The van der Waals surface area contributed by atoms with E-state index in [2.05, 4.69) is 5.32 Å². The van der Waals surface area contributed by atoms with E-state index >= 15 is 0 Å². The number of urea groups is 1. The summed E-state index contributed by atoms with van der Waals surface area (Å²) < 4.78 is 5.72. The Morgan fingerprint density at radius 1 is 1.15 bits per heavy atom. The van der Waals surface area contributed by atoms with Crippen LogP contribution in [0.5, 0.6) is 0 Å². The number of hydrogen-bond acceptors (Lipinski definition) is 3. The fraction of sp³-hybridized carbons (Fsp3) is 0.857. The number of nitrogens with one attached hydrogen (secondary N) is 1. The summed E-state index contributed by atoms with van der Waals surface area (Å²) in [4.78, 5) is 24.3. The van der Waals surface area contributed by atoms with Crippen LogP contribution in [-0.4, -0.2) is 53.8 Å². The molecule has 6 heteroatoms. The summed E-state index contributed by atoms with van der Waals surface area (Å²) in [6.45, 7) is 1.46. The van der Waals surface area contributed by atoms with Gasteiger partial charge in [-0.05, 0) is 25.7 Å². The van der Waals surface area contributed by atoms with Gasteiger partial charge in [-0.15, -0.1) is 0 Å². The predicted octanol–water partition coefficient (Wildman–Crippen LogP) is 1.59. The maximum absolute atomic E-state index is 11.9. The second-order valence-corrected chi connectivity index (χ2v) is 5.55. The molecule has 6 nitrogen and oxygen atoms in total. The van der Waals surface area contributed by atoms with Crippen molar-refractivity contribution in [1.29, 1.82) is 0 Å². The Kier molecular flexibility index (Phi) is 5.64. The molecule has 1 saturated carbocycles. The number of aliphatic carboxylic acids is 1. The first-order valence-corrected chi connectivity index (χ1v) is 7.57. The van der Waals surface area contributed by atoms with Crippen LogP contribution in [0.25, 0.3) is 0 Å². The first-order chi connectivity index (χ1) is 9.68. The number of carbonyl (C=O) groups excluding carboxylic acids is 1. The van der Waals surface area contributed by atoms with E-state index in [1.165, 1.54) is 24.2 Å². The third-order valence-electron chi connectivity index (χ3n) is 4.08. The lowest BCUT2D eigenvalue weighted by molar-refractivity contribution is -0.141. The van der Waals surface area contributed by atoms with Crippen molar-refractivity contribution in [2.24, 2.45) is 0 Å². The number of hydrogen-bond donors (Lipinski definition) is 2. The van der Waals surface area contributed by atoms with E-state index in [0.717, 1.165) is 19.3 Å². The average molecular weight is 284 g/mol. The van der Waals surface area contributed by atoms with E-state index in [0.29, 0.717) is 32.2 Å². The summed E-state index contributed by atoms with van der Waals surface area (Å²) >= 11 is 0. The fourth-order valence-electron chi connectivity index (χ4n) is 2.98. The molecule has 0 aromatic rings. The predicted molar refractivity (Wildman–Crippen MR) is 73.6 cm³/mol. The molecule has 0 spiro atoms. The minimum atomic E-state index is -0.920. The Morgan fingerprint density at radius 2 is 1.90 bits per heavy atom. The SMILES string of the molecule is O=C(O)[C@@H]1CCCN1C(=O)NCCOC1CCCCC1. The maximum atomic E-state index is 11.9. The highest BCUT2D eigenvalue weighted by Crippen LogP contribution is 2.20. The summed E-state index contributed by atoms with van der Waals surface area (Å²) in [5.41, 5.74) is 0. The van der Waals surface area contributed by atoms with Crippen LogP contribution in [0.3, 0.4) is 0 Å². The Labute approximate surface area is 119 Å². The molecule has 1 atom stereocenters. The zero-order valence-electron chi connectivity index (χ0n) is 11.8. The molecule has 2 fully saturated rings. The standard InChI is InChI=1S/C14H24N2O4/c17-13(18)12-7-4-9-16(12)14(19)15-8-10-20-11-5-2-1-3-6-11/h11-12H,1-10H2,(H,15,19)(H,17,18)/t12-/m0/s1. The van der Waals surface area contributed by atoms with Gasteiger partial charge in [-0.1, -0.05) is 19.3 Å². The van der Waals surface area contributed by atoms with Gasteiger partial charge in [0.1, 0.15) is 6.04 Å². The van der Waals surface area contributed by atoms with Crippen molar-refractivity contribution in [3.8, 4) is 0 Å². The fourth-order valence-corrected chi connectivity index (χ4v) is 2.98. The van der Waals surface area contributed by atoms with Crippen molar-refractivity contribution in [3.63, 3.8) is 0 Å². The Hall–Kier alpha value is -1.30. The number of amides is 2. The number of rotatable bonds is 5. The van der Waals surface area contributed by atoms with E-state index in [4.69, 9.17) is 9.84 Å². The molecule has 1 heterocycles. The highest BCUT2D eigenvalue weighted by Gasteiger charge is 2.33. The number of carboxylic acids is 1.